The first-order valence-corrected chi connectivity index (χ1v) is 7.67. The lowest BCUT2D eigenvalue weighted by Crippen LogP contribution is -1.90. The molecule has 2 nitrogen and oxygen atoms in total. The molecule has 0 radical (unpaired) electrons. The number of rotatable bonds is 2. The summed E-state index contributed by atoms with van der Waals surface area (Å²) in [5.41, 5.74) is 7.33. The number of phenolic OH excluding ortho intramolecular Hbond substituents is 2. The fourth-order valence-electron chi connectivity index (χ4n) is 2.93. The second-order valence-corrected chi connectivity index (χ2v) is 6.00. The molecular weight excluding hydrogens is 284 g/mol. The highest BCUT2D eigenvalue weighted by atomic mass is 16.3. The molecule has 0 aliphatic carbocycles. The molecule has 3 aromatic rings. The summed E-state index contributed by atoms with van der Waals surface area (Å²) < 4.78 is 0. The minimum absolute atomic E-state index is 0.309. The van der Waals surface area contributed by atoms with Gasteiger partial charge in [-0.05, 0) is 84.0 Å². The molecule has 0 atom stereocenters. The molecule has 116 valence electrons. The lowest BCUT2D eigenvalue weighted by atomic mass is 9.90. The second kappa shape index (κ2) is 5.81. The molecule has 0 aliphatic rings. The predicted octanol–water partition coefficient (Wildman–Crippen LogP) is 5.36. The van der Waals surface area contributed by atoms with Gasteiger partial charge in [0.15, 0.2) is 0 Å². The largest absolute Gasteiger partial charge is 0.508 e. The highest BCUT2D eigenvalue weighted by Gasteiger charge is 2.12. The van der Waals surface area contributed by atoms with Crippen LogP contribution in [-0.2, 0) is 0 Å². The van der Waals surface area contributed by atoms with Gasteiger partial charge in [-0.25, -0.2) is 0 Å². The number of phenols is 2. The van der Waals surface area contributed by atoms with Crippen LogP contribution in [0.15, 0.2) is 54.6 Å². The quantitative estimate of drug-likeness (QED) is 0.669. The Morgan fingerprint density at radius 3 is 1.78 bits per heavy atom. The summed E-state index contributed by atoms with van der Waals surface area (Å²) in [5.74, 6) is 0.618. The fourth-order valence-corrected chi connectivity index (χ4v) is 2.93. The maximum atomic E-state index is 9.79. The van der Waals surface area contributed by atoms with Gasteiger partial charge in [-0.15, -0.1) is 0 Å². The maximum absolute atomic E-state index is 9.79. The van der Waals surface area contributed by atoms with Gasteiger partial charge in [0, 0.05) is 0 Å². The van der Waals surface area contributed by atoms with E-state index in [0.29, 0.717) is 11.5 Å². The van der Waals surface area contributed by atoms with Crippen molar-refractivity contribution in [2.75, 3.05) is 0 Å². The zero-order valence-corrected chi connectivity index (χ0v) is 13.6. The van der Waals surface area contributed by atoms with Crippen LogP contribution in [0.25, 0.3) is 22.3 Å². The summed E-state index contributed by atoms with van der Waals surface area (Å²) in [6.45, 7) is 5.90. The van der Waals surface area contributed by atoms with Crippen molar-refractivity contribution in [3.05, 3.63) is 71.3 Å². The van der Waals surface area contributed by atoms with Crippen molar-refractivity contribution in [2.24, 2.45) is 0 Å². The van der Waals surface area contributed by atoms with Gasteiger partial charge in [-0.3, -0.25) is 0 Å². The minimum Gasteiger partial charge on any atom is -0.508 e. The molecule has 2 N–H and O–H groups in total. The molecule has 2 heteroatoms. The van der Waals surface area contributed by atoms with Crippen LogP contribution in [0.3, 0.4) is 0 Å². The van der Waals surface area contributed by atoms with Crippen LogP contribution in [0.2, 0.25) is 0 Å². The van der Waals surface area contributed by atoms with E-state index in [4.69, 9.17) is 0 Å². The van der Waals surface area contributed by atoms with E-state index in [1.165, 1.54) is 5.56 Å². The predicted molar refractivity (Wildman–Crippen MR) is 94.9 cm³/mol. The van der Waals surface area contributed by atoms with Gasteiger partial charge in [0.25, 0.3) is 0 Å². The van der Waals surface area contributed by atoms with Gasteiger partial charge in [0.1, 0.15) is 11.5 Å². The van der Waals surface area contributed by atoms with Crippen molar-refractivity contribution in [1.82, 2.24) is 0 Å². The molecule has 0 saturated heterocycles. The Hall–Kier alpha value is -2.74. The van der Waals surface area contributed by atoms with Crippen molar-refractivity contribution in [3.8, 4) is 33.8 Å². The monoisotopic (exact) mass is 304 g/mol. The van der Waals surface area contributed by atoms with Crippen LogP contribution in [-0.4, -0.2) is 10.2 Å². The van der Waals surface area contributed by atoms with E-state index in [9.17, 15) is 10.2 Å². The average molecular weight is 304 g/mol. The highest BCUT2D eigenvalue weighted by molar-refractivity contribution is 5.86. The van der Waals surface area contributed by atoms with Gasteiger partial charge in [-0.2, -0.15) is 0 Å². The molecule has 23 heavy (non-hydrogen) atoms. The smallest absolute Gasteiger partial charge is 0.118 e. The lowest BCUT2D eigenvalue weighted by molar-refractivity contribution is 0.470. The summed E-state index contributed by atoms with van der Waals surface area (Å²) in [4.78, 5) is 0. The Labute approximate surface area is 136 Å². The van der Waals surface area contributed by atoms with Crippen LogP contribution in [0.1, 0.15) is 16.7 Å². The van der Waals surface area contributed by atoms with Crippen LogP contribution < -0.4 is 0 Å². The van der Waals surface area contributed by atoms with Crippen LogP contribution >= 0.6 is 0 Å². The summed E-state index contributed by atoms with van der Waals surface area (Å²) in [6, 6.07) is 17.6. The summed E-state index contributed by atoms with van der Waals surface area (Å²) in [6.07, 6.45) is 0. The van der Waals surface area contributed by atoms with Crippen LogP contribution in [0.4, 0.5) is 0 Å². The SMILES string of the molecule is Cc1cc(-c2cccc(C)c2-c2ccc(O)c(C)c2)ccc1O. The van der Waals surface area contributed by atoms with Crippen molar-refractivity contribution in [1.29, 1.82) is 0 Å². The van der Waals surface area contributed by atoms with E-state index in [-0.39, 0.29) is 0 Å². The van der Waals surface area contributed by atoms with Crippen LogP contribution in [0.5, 0.6) is 11.5 Å². The maximum Gasteiger partial charge on any atom is 0.118 e. The lowest BCUT2D eigenvalue weighted by Gasteiger charge is -2.15. The molecule has 0 unspecified atom stereocenters. The van der Waals surface area contributed by atoms with Gasteiger partial charge < -0.3 is 10.2 Å². The third-order valence-electron chi connectivity index (χ3n) is 4.27. The second-order valence-electron chi connectivity index (χ2n) is 6.00. The molecule has 3 rings (SSSR count). The third-order valence-corrected chi connectivity index (χ3v) is 4.27. The number of hydrogen-bond acceptors (Lipinski definition) is 2. The molecule has 0 bridgehead atoms. The van der Waals surface area contributed by atoms with Gasteiger partial charge >= 0.3 is 0 Å². The number of hydrogen-bond donors (Lipinski definition) is 2. The molecule has 0 saturated carbocycles. The van der Waals surface area contributed by atoms with E-state index in [0.717, 1.165) is 33.4 Å². The third kappa shape index (κ3) is 2.80. The van der Waals surface area contributed by atoms with Gasteiger partial charge in [0.05, 0.1) is 0 Å². The van der Waals surface area contributed by atoms with Crippen LogP contribution in [0, 0.1) is 20.8 Å². The summed E-state index contributed by atoms with van der Waals surface area (Å²) in [5, 5.41) is 19.6. The van der Waals surface area contributed by atoms with Crippen molar-refractivity contribution in [3.63, 3.8) is 0 Å². The first-order valence-electron chi connectivity index (χ1n) is 7.67. The van der Waals surface area contributed by atoms with Crippen molar-refractivity contribution >= 4 is 0 Å². The van der Waals surface area contributed by atoms with E-state index >= 15 is 0 Å². The normalized spacial score (nSPS) is 10.7. The molecule has 0 heterocycles. The average Bonchev–Trinajstić information content (AvgIpc) is 2.53. The number of aryl methyl sites for hydroxylation is 3. The van der Waals surface area contributed by atoms with E-state index in [2.05, 4.69) is 19.1 Å². The number of aromatic hydroxyl groups is 2. The Morgan fingerprint density at radius 1 is 0.609 bits per heavy atom. The Morgan fingerprint density at radius 2 is 1.17 bits per heavy atom. The zero-order valence-electron chi connectivity index (χ0n) is 13.6. The summed E-state index contributed by atoms with van der Waals surface area (Å²) >= 11 is 0. The van der Waals surface area contributed by atoms with E-state index < -0.39 is 0 Å². The minimum atomic E-state index is 0.309. The van der Waals surface area contributed by atoms with E-state index in [1.807, 2.05) is 44.2 Å². The number of benzene rings is 3. The highest BCUT2D eigenvalue weighted by Crippen LogP contribution is 2.37. The van der Waals surface area contributed by atoms with Crippen molar-refractivity contribution < 1.29 is 10.2 Å². The van der Waals surface area contributed by atoms with Gasteiger partial charge in [-0.1, -0.05) is 30.3 Å². The van der Waals surface area contributed by atoms with E-state index in [1.54, 1.807) is 12.1 Å². The molecule has 0 spiro atoms. The fraction of sp³-hybridized carbons (Fsp3) is 0.143. The molecular formula is C21H20O2. The van der Waals surface area contributed by atoms with Crippen molar-refractivity contribution in [2.45, 2.75) is 20.8 Å². The zero-order chi connectivity index (χ0) is 16.6. The molecule has 0 aromatic heterocycles. The Kier molecular flexibility index (Phi) is 3.83. The topological polar surface area (TPSA) is 40.5 Å². The standard InChI is InChI=1S/C21H20O2/c1-13-5-4-6-18(16-7-9-19(22)14(2)11-16)21(13)17-8-10-20(23)15(3)12-17/h4-12,22-23H,1-3H3. The van der Waals surface area contributed by atoms with Gasteiger partial charge in [0.2, 0.25) is 0 Å². The molecule has 0 aliphatic heterocycles. The molecule has 0 amide bonds. The molecule has 3 aromatic carbocycles. The first kappa shape index (κ1) is 15.2. The summed E-state index contributed by atoms with van der Waals surface area (Å²) in [7, 11) is 0. The Balaban J connectivity index is 2.24. The first-order chi connectivity index (χ1) is 11.0. The Bertz CT molecular complexity index is 879. The molecule has 0 fully saturated rings.